The molecule has 120 valence electrons. The Kier molecular flexibility index (Phi) is 5.50. The van der Waals surface area contributed by atoms with Crippen molar-refractivity contribution in [1.82, 2.24) is 0 Å². The van der Waals surface area contributed by atoms with Crippen molar-refractivity contribution in [3.8, 4) is 11.5 Å². The van der Waals surface area contributed by atoms with Gasteiger partial charge in [0, 0.05) is 10.5 Å². The molecule has 2 aromatic rings. The highest BCUT2D eigenvalue weighted by Gasteiger charge is 2.08. The van der Waals surface area contributed by atoms with Crippen LogP contribution in [0.15, 0.2) is 41.3 Å². The SMILES string of the molecule is COc1cc(C(=O)C=Cc2cc(C)c(O)c(C)c2)ccc1SC. The summed E-state index contributed by atoms with van der Waals surface area (Å²) in [6, 6.07) is 9.15. The number of carbonyl (C=O) groups excluding carboxylic acids is 1. The molecule has 0 bridgehead atoms. The lowest BCUT2D eigenvalue weighted by atomic mass is 10.0. The first kappa shape index (κ1) is 17.2. The van der Waals surface area contributed by atoms with Gasteiger partial charge in [0.2, 0.25) is 0 Å². The Hall–Kier alpha value is -2.20. The number of aryl methyl sites for hydroxylation is 2. The first-order valence-corrected chi connectivity index (χ1v) is 8.43. The number of thioether (sulfide) groups is 1. The Bertz CT molecular complexity index is 740. The van der Waals surface area contributed by atoms with Gasteiger partial charge in [0.05, 0.1) is 7.11 Å². The molecule has 0 aromatic heterocycles. The van der Waals surface area contributed by atoms with Crippen LogP contribution in [0.1, 0.15) is 27.0 Å². The van der Waals surface area contributed by atoms with Crippen molar-refractivity contribution in [2.75, 3.05) is 13.4 Å². The second-order valence-electron chi connectivity index (χ2n) is 5.27. The Labute approximate surface area is 141 Å². The lowest BCUT2D eigenvalue weighted by molar-refractivity contribution is 0.104. The highest BCUT2D eigenvalue weighted by atomic mass is 32.2. The minimum atomic E-state index is -0.0839. The van der Waals surface area contributed by atoms with Crippen molar-refractivity contribution in [2.24, 2.45) is 0 Å². The lowest BCUT2D eigenvalue weighted by Gasteiger charge is -2.07. The quantitative estimate of drug-likeness (QED) is 0.493. The maximum absolute atomic E-state index is 12.3. The first-order chi connectivity index (χ1) is 11.0. The van der Waals surface area contributed by atoms with Crippen LogP contribution in [0.3, 0.4) is 0 Å². The molecule has 0 spiro atoms. The van der Waals surface area contributed by atoms with Gasteiger partial charge in [0.1, 0.15) is 11.5 Å². The average molecular weight is 328 g/mol. The van der Waals surface area contributed by atoms with Crippen molar-refractivity contribution in [2.45, 2.75) is 18.7 Å². The first-order valence-electron chi connectivity index (χ1n) is 7.21. The molecule has 0 aliphatic heterocycles. The third-order valence-electron chi connectivity index (χ3n) is 3.61. The number of rotatable bonds is 5. The normalized spacial score (nSPS) is 11.0. The van der Waals surface area contributed by atoms with Crippen LogP contribution in [0.4, 0.5) is 0 Å². The number of ketones is 1. The van der Waals surface area contributed by atoms with E-state index in [1.54, 1.807) is 43.2 Å². The fourth-order valence-corrected chi connectivity index (χ4v) is 2.89. The molecule has 0 radical (unpaired) electrons. The Balaban J connectivity index is 2.25. The minimum absolute atomic E-state index is 0.0839. The summed E-state index contributed by atoms with van der Waals surface area (Å²) in [5.74, 6) is 0.915. The predicted molar refractivity (Wildman–Crippen MR) is 95.7 cm³/mol. The molecule has 3 nitrogen and oxygen atoms in total. The van der Waals surface area contributed by atoms with Gasteiger partial charge in [-0.15, -0.1) is 11.8 Å². The average Bonchev–Trinajstić information content (AvgIpc) is 2.56. The third-order valence-corrected chi connectivity index (χ3v) is 4.39. The molecule has 0 aliphatic rings. The van der Waals surface area contributed by atoms with E-state index in [0.717, 1.165) is 21.6 Å². The number of hydrogen-bond acceptors (Lipinski definition) is 4. The topological polar surface area (TPSA) is 46.5 Å². The number of aromatic hydroxyl groups is 1. The Morgan fingerprint density at radius 2 is 1.83 bits per heavy atom. The van der Waals surface area contributed by atoms with Gasteiger partial charge < -0.3 is 9.84 Å². The van der Waals surface area contributed by atoms with Crippen LogP contribution in [0.25, 0.3) is 6.08 Å². The van der Waals surface area contributed by atoms with Crippen molar-refractivity contribution < 1.29 is 14.6 Å². The monoisotopic (exact) mass is 328 g/mol. The van der Waals surface area contributed by atoms with E-state index in [1.807, 2.05) is 38.3 Å². The van der Waals surface area contributed by atoms with Gasteiger partial charge >= 0.3 is 0 Å². The smallest absolute Gasteiger partial charge is 0.185 e. The zero-order valence-electron chi connectivity index (χ0n) is 13.7. The summed E-state index contributed by atoms with van der Waals surface area (Å²) < 4.78 is 5.31. The Morgan fingerprint density at radius 3 is 2.39 bits per heavy atom. The number of phenols is 1. The number of phenolic OH excluding ortho intramolecular Hbond substituents is 1. The van der Waals surface area contributed by atoms with Gasteiger partial charge in [-0.05, 0) is 73.2 Å². The van der Waals surface area contributed by atoms with Crippen molar-refractivity contribution in [3.63, 3.8) is 0 Å². The van der Waals surface area contributed by atoms with Crippen LogP contribution in [0.2, 0.25) is 0 Å². The molecular weight excluding hydrogens is 308 g/mol. The van der Waals surface area contributed by atoms with E-state index in [4.69, 9.17) is 4.74 Å². The van der Waals surface area contributed by atoms with Crippen molar-refractivity contribution in [1.29, 1.82) is 0 Å². The van der Waals surface area contributed by atoms with Gasteiger partial charge in [-0.2, -0.15) is 0 Å². The minimum Gasteiger partial charge on any atom is -0.507 e. The fraction of sp³-hybridized carbons (Fsp3) is 0.211. The van der Waals surface area contributed by atoms with E-state index in [1.165, 1.54) is 0 Å². The number of carbonyl (C=O) groups is 1. The summed E-state index contributed by atoms with van der Waals surface area (Å²) in [7, 11) is 1.60. The second kappa shape index (κ2) is 7.38. The molecule has 23 heavy (non-hydrogen) atoms. The molecule has 4 heteroatoms. The summed E-state index contributed by atoms with van der Waals surface area (Å²) in [6.07, 6.45) is 5.27. The molecule has 0 fully saturated rings. The molecule has 1 N–H and O–H groups in total. The standard InChI is InChI=1S/C19H20O3S/c1-12-9-14(10-13(2)19(12)21)5-7-16(20)15-6-8-18(23-4)17(11-15)22-3/h5-11,21H,1-4H3. The van der Waals surface area contributed by atoms with E-state index in [-0.39, 0.29) is 5.78 Å². The van der Waals surface area contributed by atoms with E-state index in [2.05, 4.69) is 0 Å². The predicted octanol–water partition coefficient (Wildman–Crippen LogP) is 4.64. The fourth-order valence-electron chi connectivity index (χ4n) is 2.34. The molecule has 0 saturated carbocycles. The molecule has 0 aliphatic carbocycles. The van der Waals surface area contributed by atoms with Gasteiger partial charge in [-0.1, -0.05) is 6.08 Å². The molecule has 0 saturated heterocycles. The lowest BCUT2D eigenvalue weighted by Crippen LogP contribution is -1.96. The molecular formula is C19H20O3S. The summed E-state index contributed by atoms with van der Waals surface area (Å²) in [5.41, 5.74) is 3.06. The van der Waals surface area contributed by atoms with Gasteiger partial charge in [0.25, 0.3) is 0 Å². The summed E-state index contributed by atoms with van der Waals surface area (Å²) in [6.45, 7) is 3.68. The van der Waals surface area contributed by atoms with Crippen molar-refractivity contribution in [3.05, 3.63) is 58.7 Å². The van der Waals surface area contributed by atoms with Gasteiger partial charge in [-0.3, -0.25) is 4.79 Å². The number of allylic oxidation sites excluding steroid dienone is 1. The molecule has 0 heterocycles. The number of methoxy groups -OCH3 is 1. The van der Waals surface area contributed by atoms with Gasteiger partial charge in [0.15, 0.2) is 5.78 Å². The van der Waals surface area contributed by atoms with Crippen LogP contribution in [0, 0.1) is 13.8 Å². The summed E-state index contributed by atoms with van der Waals surface area (Å²) in [5, 5.41) is 9.79. The van der Waals surface area contributed by atoms with Crippen LogP contribution in [-0.2, 0) is 0 Å². The van der Waals surface area contributed by atoms with Crippen LogP contribution < -0.4 is 4.74 Å². The largest absolute Gasteiger partial charge is 0.507 e. The molecule has 2 rings (SSSR count). The molecule has 0 amide bonds. The number of ether oxygens (including phenoxy) is 1. The number of hydrogen-bond donors (Lipinski definition) is 1. The zero-order valence-corrected chi connectivity index (χ0v) is 14.5. The zero-order chi connectivity index (χ0) is 17.0. The third kappa shape index (κ3) is 3.96. The van der Waals surface area contributed by atoms with Crippen LogP contribution in [-0.4, -0.2) is 24.3 Å². The molecule has 0 atom stereocenters. The molecule has 0 unspecified atom stereocenters. The highest BCUT2D eigenvalue weighted by molar-refractivity contribution is 7.98. The maximum Gasteiger partial charge on any atom is 0.185 e. The van der Waals surface area contributed by atoms with E-state index >= 15 is 0 Å². The highest BCUT2D eigenvalue weighted by Crippen LogP contribution is 2.29. The number of benzene rings is 2. The summed E-state index contributed by atoms with van der Waals surface area (Å²) >= 11 is 1.58. The Morgan fingerprint density at radius 1 is 1.17 bits per heavy atom. The van der Waals surface area contributed by atoms with Gasteiger partial charge in [-0.25, -0.2) is 0 Å². The summed E-state index contributed by atoms with van der Waals surface area (Å²) in [4.78, 5) is 13.3. The van der Waals surface area contributed by atoms with E-state index in [0.29, 0.717) is 17.1 Å². The van der Waals surface area contributed by atoms with E-state index in [9.17, 15) is 9.90 Å². The van der Waals surface area contributed by atoms with E-state index < -0.39 is 0 Å². The maximum atomic E-state index is 12.3. The van der Waals surface area contributed by atoms with Crippen LogP contribution >= 0.6 is 11.8 Å². The molecule has 2 aromatic carbocycles. The van der Waals surface area contributed by atoms with Crippen molar-refractivity contribution >= 4 is 23.6 Å². The van der Waals surface area contributed by atoms with Crippen LogP contribution in [0.5, 0.6) is 11.5 Å². The second-order valence-corrected chi connectivity index (χ2v) is 6.12.